The van der Waals surface area contributed by atoms with Crippen LogP contribution in [0, 0.1) is 17.1 Å². The average molecular weight is 369 g/mol. The van der Waals surface area contributed by atoms with Crippen LogP contribution in [0.15, 0.2) is 64.6 Å². The largest absolute Gasteiger partial charge is 0.238 e. The smallest absolute Gasteiger partial charge is 0.235 e. The third-order valence-electron chi connectivity index (χ3n) is 3.48. The van der Waals surface area contributed by atoms with E-state index < -0.39 is 10.0 Å². The summed E-state index contributed by atoms with van der Waals surface area (Å²) in [6, 6.07) is 13.4. The molecule has 0 spiro atoms. The van der Waals surface area contributed by atoms with E-state index in [1.54, 1.807) is 12.1 Å². The molecule has 1 heterocycles. The van der Waals surface area contributed by atoms with Crippen LogP contribution in [0.1, 0.15) is 11.1 Å². The lowest BCUT2D eigenvalue weighted by molar-refractivity contribution is 0.597. The predicted molar refractivity (Wildman–Crippen MR) is 93.3 cm³/mol. The fourth-order valence-electron chi connectivity index (χ4n) is 2.20. The Hall–Kier alpha value is -3.35. The summed E-state index contributed by atoms with van der Waals surface area (Å²) < 4.78 is 37.0. The molecule has 3 rings (SSSR count). The van der Waals surface area contributed by atoms with E-state index in [0.717, 1.165) is 0 Å². The first-order chi connectivity index (χ1) is 12.4. The Morgan fingerprint density at radius 2 is 1.81 bits per heavy atom. The minimum atomic E-state index is -3.80. The van der Waals surface area contributed by atoms with Gasteiger partial charge in [-0.1, -0.05) is 12.1 Å². The number of rotatable bonds is 4. The maximum atomic E-state index is 13.0. The van der Waals surface area contributed by atoms with Gasteiger partial charge in [-0.05, 0) is 42.0 Å². The fraction of sp³-hybridized carbons (Fsp3) is 0. The van der Waals surface area contributed by atoms with Gasteiger partial charge < -0.3 is 0 Å². The molecule has 0 radical (unpaired) electrons. The topological polar surface area (TPSA) is 114 Å². The Bertz CT molecular complexity index is 1110. The molecule has 0 amide bonds. The van der Waals surface area contributed by atoms with Crippen LogP contribution in [0.4, 0.5) is 10.2 Å². The van der Waals surface area contributed by atoms with Crippen molar-refractivity contribution >= 4 is 22.1 Å². The highest BCUT2D eigenvalue weighted by molar-refractivity contribution is 7.89. The highest BCUT2D eigenvalue weighted by Gasteiger charge is 2.13. The molecule has 2 N–H and O–H groups in total. The molecule has 2 aromatic carbocycles. The number of nitrogens with two attached hydrogens (primary N) is 1. The second kappa shape index (κ2) is 6.87. The number of nitriles is 1. The van der Waals surface area contributed by atoms with Crippen LogP contribution in [-0.4, -0.2) is 24.4 Å². The Labute approximate surface area is 148 Å². The molecule has 7 nitrogen and oxygen atoms in total. The summed E-state index contributed by atoms with van der Waals surface area (Å²) in [4.78, 5) is 4.24. The average Bonchev–Trinajstić information content (AvgIpc) is 3.03. The summed E-state index contributed by atoms with van der Waals surface area (Å²) in [5.74, 6) is -0.0972. The molecule has 26 heavy (non-hydrogen) atoms. The number of sulfonamides is 1. The Morgan fingerprint density at radius 1 is 1.15 bits per heavy atom. The zero-order chi connectivity index (χ0) is 18.7. The summed E-state index contributed by atoms with van der Waals surface area (Å²) in [6.07, 6.45) is 2.83. The van der Waals surface area contributed by atoms with Gasteiger partial charge in [-0.15, -0.1) is 0 Å². The van der Waals surface area contributed by atoms with E-state index in [9.17, 15) is 18.1 Å². The van der Waals surface area contributed by atoms with Gasteiger partial charge in [-0.3, -0.25) is 0 Å². The second-order valence-corrected chi connectivity index (χ2v) is 6.82. The monoisotopic (exact) mass is 369 g/mol. The molecule has 1 aromatic heterocycles. The molecule has 0 saturated heterocycles. The lowest BCUT2D eigenvalue weighted by Gasteiger charge is -2.05. The van der Waals surface area contributed by atoms with E-state index in [4.69, 9.17) is 5.14 Å². The molecular weight excluding hydrogens is 357 g/mol. The number of hydrogen-bond acceptors (Lipinski definition) is 5. The normalized spacial score (nSPS) is 11.6. The van der Waals surface area contributed by atoms with Crippen molar-refractivity contribution in [3.8, 4) is 11.8 Å². The number of hydrogen-bond donors (Lipinski definition) is 1. The van der Waals surface area contributed by atoms with Crippen LogP contribution in [0.2, 0.25) is 0 Å². The van der Waals surface area contributed by atoms with Crippen molar-refractivity contribution in [3.63, 3.8) is 0 Å². The third kappa shape index (κ3) is 3.66. The molecule has 0 bridgehead atoms. The lowest BCUT2D eigenvalue weighted by atomic mass is 10.2. The van der Waals surface area contributed by atoms with Crippen molar-refractivity contribution in [2.24, 2.45) is 10.1 Å². The quantitative estimate of drug-likeness (QED) is 0.711. The van der Waals surface area contributed by atoms with E-state index in [2.05, 4.69) is 10.1 Å². The molecule has 0 aliphatic carbocycles. The van der Waals surface area contributed by atoms with Crippen molar-refractivity contribution in [1.82, 2.24) is 9.78 Å². The highest BCUT2D eigenvalue weighted by atomic mass is 32.2. The van der Waals surface area contributed by atoms with E-state index in [1.165, 1.54) is 53.5 Å². The molecule has 0 saturated carbocycles. The number of halogens is 1. The van der Waals surface area contributed by atoms with Crippen LogP contribution >= 0.6 is 0 Å². The molecule has 3 aromatic rings. The zero-order valence-corrected chi connectivity index (χ0v) is 14.1. The minimum absolute atomic E-state index is 0.0368. The summed E-state index contributed by atoms with van der Waals surface area (Å²) in [5.41, 5.74) is 1.39. The minimum Gasteiger partial charge on any atom is -0.235 e. The Kier molecular flexibility index (Phi) is 4.62. The molecular formula is C17H12FN5O2S. The van der Waals surface area contributed by atoms with Gasteiger partial charge in [-0.25, -0.2) is 27.6 Å². The standard InChI is InChI=1S/C17H12FN5O2S/c18-14-3-1-12(2-4-14)10-21-17-13(9-19)11-22-23(17)15-5-7-16(8-6-15)26(20,24)25/h1-8,10-11H,(H2,20,24,25)/b21-10+. The van der Waals surface area contributed by atoms with Gasteiger partial charge in [0.05, 0.1) is 16.8 Å². The van der Waals surface area contributed by atoms with Gasteiger partial charge in [0.15, 0.2) is 5.82 Å². The van der Waals surface area contributed by atoms with E-state index in [-0.39, 0.29) is 22.1 Å². The zero-order valence-electron chi connectivity index (χ0n) is 13.2. The second-order valence-electron chi connectivity index (χ2n) is 5.25. The number of aliphatic imine (C=N–C) groups is 1. The SMILES string of the molecule is N#Cc1cnn(-c2ccc(S(N)(=O)=O)cc2)c1/N=C/c1ccc(F)cc1. The van der Waals surface area contributed by atoms with Crippen LogP contribution in [0.3, 0.4) is 0 Å². The van der Waals surface area contributed by atoms with Gasteiger partial charge in [0, 0.05) is 6.21 Å². The van der Waals surface area contributed by atoms with E-state index in [1.807, 2.05) is 6.07 Å². The third-order valence-corrected chi connectivity index (χ3v) is 4.41. The lowest BCUT2D eigenvalue weighted by Crippen LogP contribution is -2.12. The number of primary sulfonamides is 1. The Morgan fingerprint density at radius 3 is 2.38 bits per heavy atom. The molecule has 0 aliphatic heterocycles. The summed E-state index contributed by atoms with van der Waals surface area (Å²) in [7, 11) is -3.80. The first kappa shape index (κ1) is 17.5. The number of aromatic nitrogens is 2. The number of benzene rings is 2. The molecule has 0 atom stereocenters. The molecule has 130 valence electrons. The van der Waals surface area contributed by atoms with Crippen LogP contribution in [-0.2, 0) is 10.0 Å². The van der Waals surface area contributed by atoms with Gasteiger partial charge in [0.2, 0.25) is 10.0 Å². The van der Waals surface area contributed by atoms with Gasteiger partial charge in [0.25, 0.3) is 0 Å². The Balaban J connectivity index is 2.00. The predicted octanol–water partition coefficient (Wildman–Crippen LogP) is 2.28. The van der Waals surface area contributed by atoms with Crippen molar-refractivity contribution in [3.05, 3.63) is 71.7 Å². The van der Waals surface area contributed by atoms with Crippen molar-refractivity contribution in [1.29, 1.82) is 5.26 Å². The van der Waals surface area contributed by atoms with Crippen LogP contribution in [0.25, 0.3) is 5.69 Å². The van der Waals surface area contributed by atoms with Gasteiger partial charge in [0.1, 0.15) is 17.4 Å². The first-order valence-corrected chi connectivity index (χ1v) is 8.84. The maximum absolute atomic E-state index is 13.0. The molecule has 9 heteroatoms. The maximum Gasteiger partial charge on any atom is 0.238 e. The fourth-order valence-corrected chi connectivity index (χ4v) is 2.71. The van der Waals surface area contributed by atoms with Gasteiger partial charge >= 0.3 is 0 Å². The van der Waals surface area contributed by atoms with Crippen molar-refractivity contribution < 1.29 is 12.8 Å². The number of nitrogens with zero attached hydrogens (tertiary/aromatic N) is 4. The van der Waals surface area contributed by atoms with E-state index >= 15 is 0 Å². The summed E-state index contributed by atoms with van der Waals surface area (Å²) >= 11 is 0. The van der Waals surface area contributed by atoms with E-state index in [0.29, 0.717) is 11.3 Å². The van der Waals surface area contributed by atoms with Gasteiger partial charge in [-0.2, -0.15) is 10.4 Å². The highest BCUT2D eigenvalue weighted by Crippen LogP contribution is 2.23. The van der Waals surface area contributed by atoms with Crippen LogP contribution in [0.5, 0.6) is 0 Å². The van der Waals surface area contributed by atoms with Crippen molar-refractivity contribution in [2.45, 2.75) is 4.90 Å². The summed E-state index contributed by atoms with van der Waals surface area (Å²) in [5, 5.41) is 18.4. The molecule has 0 aliphatic rings. The van der Waals surface area contributed by atoms with Crippen molar-refractivity contribution in [2.75, 3.05) is 0 Å². The molecule has 0 fully saturated rings. The first-order valence-electron chi connectivity index (χ1n) is 7.29. The molecule has 0 unspecified atom stereocenters. The van der Waals surface area contributed by atoms with Crippen LogP contribution < -0.4 is 5.14 Å². The summed E-state index contributed by atoms with van der Waals surface area (Å²) in [6.45, 7) is 0.